The molecule has 32 heavy (non-hydrogen) atoms. The molecule has 1 N–H and O–H groups in total. The van der Waals surface area contributed by atoms with Gasteiger partial charge >= 0.3 is 0 Å². The van der Waals surface area contributed by atoms with Crippen molar-refractivity contribution in [2.24, 2.45) is 5.92 Å². The highest BCUT2D eigenvalue weighted by molar-refractivity contribution is 5.98. The first-order chi connectivity index (χ1) is 15.6. The van der Waals surface area contributed by atoms with Gasteiger partial charge in [0, 0.05) is 48.1 Å². The van der Waals surface area contributed by atoms with Crippen LogP contribution in [-0.2, 0) is 6.42 Å². The molecule has 5 rings (SSSR count). The summed E-state index contributed by atoms with van der Waals surface area (Å²) in [5.74, 6) is 0.571. The van der Waals surface area contributed by atoms with Crippen LogP contribution >= 0.6 is 0 Å². The summed E-state index contributed by atoms with van der Waals surface area (Å²) in [6.45, 7) is 5.62. The predicted molar refractivity (Wildman–Crippen MR) is 128 cm³/mol. The Bertz CT molecular complexity index is 1270. The lowest BCUT2D eigenvalue weighted by atomic mass is 10.0. The minimum absolute atomic E-state index is 0.0296. The molecule has 5 nitrogen and oxygen atoms in total. The fourth-order valence-corrected chi connectivity index (χ4v) is 4.23. The molecule has 0 unspecified atom stereocenters. The molecule has 0 bridgehead atoms. The maximum atomic E-state index is 13.7. The highest BCUT2D eigenvalue weighted by Gasteiger charge is 2.29. The maximum absolute atomic E-state index is 13.7. The summed E-state index contributed by atoms with van der Waals surface area (Å²) >= 11 is 0. The number of carbonyl (C=O) groups excluding carboxylic acids is 1. The molecule has 0 spiro atoms. The van der Waals surface area contributed by atoms with Crippen LogP contribution in [0.3, 0.4) is 0 Å². The molecule has 1 amide bonds. The van der Waals surface area contributed by atoms with Gasteiger partial charge in [0.05, 0.1) is 0 Å². The second kappa shape index (κ2) is 8.58. The Morgan fingerprint density at radius 1 is 1.06 bits per heavy atom. The molecule has 0 atom stereocenters. The van der Waals surface area contributed by atoms with Crippen molar-refractivity contribution in [3.8, 4) is 11.3 Å². The number of amides is 1. The number of nitrogens with zero attached hydrogens (tertiary/aromatic N) is 3. The van der Waals surface area contributed by atoms with E-state index in [4.69, 9.17) is 0 Å². The van der Waals surface area contributed by atoms with Crippen molar-refractivity contribution < 1.29 is 4.79 Å². The third-order valence-electron chi connectivity index (χ3n) is 6.47. The molecular formula is C27H28N4O. The van der Waals surface area contributed by atoms with Gasteiger partial charge in [0.25, 0.3) is 5.91 Å². The lowest BCUT2D eigenvalue weighted by Crippen LogP contribution is -2.35. The quantitative estimate of drug-likeness (QED) is 0.436. The van der Waals surface area contributed by atoms with Crippen molar-refractivity contribution >= 4 is 16.8 Å². The zero-order chi connectivity index (χ0) is 22.1. The zero-order valence-electron chi connectivity index (χ0n) is 18.6. The van der Waals surface area contributed by atoms with Crippen molar-refractivity contribution in [3.05, 3.63) is 83.4 Å². The molecule has 0 saturated heterocycles. The Labute approximate surface area is 188 Å². The molecule has 162 valence electrons. The van der Waals surface area contributed by atoms with Crippen LogP contribution < -0.4 is 0 Å². The summed E-state index contributed by atoms with van der Waals surface area (Å²) in [7, 11) is 0. The molecule has 2 aromatic heterocycles. The van der Waals surface area contributed by atoms with Crippen LogP contribution in [0.5, 0.6) is 0 Å². The molecule has 0 radical (unpaired) electrons. The van der Waals surface area contributed by atoms with Crippen molar-refractivity contribution in [2.75, 3.05) is 13.1 Å². The van der Waals surface area contributed by atoms with E-state index in [1.807, 2.05) is 17.0 Å². The lowest BCUT2D eigenvalue weighted by molar-refractivity contribution is 0.0744. The summed E-state index contributed by atoms with van der Waals surface area (Å²) < 4.78 is 0. The summed E-state index contributed by atoms with van der Waals surface area (Å²) in [5.41, 5.74) is 6.81. The number of aromatic amines is 1. The second-order valence-electron chi connectivity index (χ2n) is 8.86. The molecule has 1 saturated carbocycles. The molecule has 2 heterocycles. The van der Waals surface area contributed by atoms with Gasteiger partial charge in [-0.25, -0.2) is 4.98 Å². The van der Waals surface area contributed by atoms with Crippen LogP contribution in [0.15, 0.2) is 61.1 Å². The Morgan fingerprint density at radius 2 is 1.88 bits per heavy atom. The van der Waals surface area contributed by atoms with Crippen LogP contribution in [0.1, 0.15) is 40.0 Å². The SMILES string of the molecule is Cc1ccc(-c2nccnc2C(=O)N(CCc2c[nH]c3ccccc23)CC2CC2)cc1C. The minimum Gasteiger partial charge on any atom is -0.361 e. The first-order valence-corrected chi connectivity index (χ1v) is 11.3. The minimum atomic E-state index is -0.0296. The van der Waals surface area contributed by atoms with Gasteiger partial charge in [-0.1, -0.05) is 30.3 Å². The van der Waals surface area contributed by atoms with E-state index in [-0.39, 0.29) is 5.91 Å². The first kappa shape index (κ1) is 20.4. The number of rotatable bonds is 7. The van der Waals surface area contributed by atoms with Crippen molar-refractivity contribution in [3.63, 3.8) is 0 Å². The van der Waals surface area contributed by atoms with Crippen LogP contribution in [-0.4, -0.2) is 38.8 Å². The van der Waals surface area contributed by atoms with E-state index in [1.165, 1.54) is 34.9 Å². The monoisotopic (exact) mass is 424 g/mol. The number of hydrogen-bond donors (Lipinski definition) is 1. The van der Waals surface area contributed by atoms with Crippen LogP contribution in [0, 0.1) is 19.8 Å². The number of carbonyl (C=O) groups is 1. The molecule has 1 aliphatic rings. The van der Waals surface area contributed by atoms with Crippen molar-refractivity contribution in [1.82, 2.24) is 19.9 Å². The normalized spacial score (nSPS) is 13.4. The Kier molecular flexibility index (Phi) is 5.48. The van der Waals surface area contributed by atoms with Gasteiger partial charge in [-0.2, -0.15) is 0 Å². The van der Waals surface area contributed by atoms with E-state index in [0.29, 0.717) is 23.9 Å². The van der Waals surface area contributed by atoms with E-state index >= 15 is 0 Å². The van der Waals surface area contributed by atoms with Gasteiger partial charge in [-0.05, 0) is 67.9 Å². The highest BCUT2D eigenvalue weighted by atomic mass is 16.2. The first-order valence-electron chi connectivity index (χ1n) is 11.3. The number of para-hydroxylation sites is 1. The van der Waals surface area contributed by atoms with Gasteiger partial charge in [0.1, 0.15) is 5.69 Å². The van der Waals surface area contributed by atoms with Gasteiger partial charge in [-0.15, -0.1) is 0 Å². The van der Waals surface area contributed by atoms with E-state index in [9.17, 15) is 4.79 Å². The van der Waals surface area contributed by atoms with Gasteiger partial charge in [-0.3, -0.25) is 9.78 Å². The third-order valence-corrected chi connectivity index (χ3v) is 6.47. The molecular weight excluding hydrogens is 396 g/mol. The fraction of sp³-hybridized carbons (Fsp3) is 0.296. The number of benzene rings is 2. The average molecular weight is 425 g/mol. The Morgan fingerprint density at radius 3 is 2.69 bits per heavy atom. The van der Waals surface area contributed by atoms with Gasteiger partial charge in [0.2, 0.25) is 0 Å². The van der Waals surface area contributed by atoms with Crippen LogP contribution in [0.4, 0.5) is 0 Å². The molecule has 0 aliphatic heterocycles. The predicted octanol–water partition coefficient (Wildman–Crippen LogP) is 5.34. The third kappa shape index (κ3) is 4.15. The lowest BCUT2D eigenvalue weighted by Gasteiger charge is -2.23. The number of aromatic nitrogens is 3. The van der Waals surface area contributed by atoms with E-state index in [2.05, 4.69) is 65.3 Å². The number of nitrogens with one attached hydrogen (secondary N) is 1. The molecule has 2 aromatic carbocycles. The number of H-pyrrole nitrogens is 1. The summed E-state index contributed by atoms with van der Waals surface area (Å²) in [6.07, 6.45) is 8.54. The van der Waals surface area contributed by atoms with E-state index in [1.54, 1.807) is 12.4 Å². The standard InChI is InChI=1S/C27H28N4O/c1-18-7-10-21(15-19(18)2)25-26(29-13-12-28-25)27(32)31(17-20-8-9-20)14-11-22-16-30-24-6-4-3-5-23(22)24/h3-7,10,12-13,15-16,20,30H,8-9,11,14,17H2,1-2H3. The average Bonchev–Trinajstić information content (AvgIpc) is 3.55. The van der Waals surface area contributed by atoms with Gasteiger partial charge in [0.15, 0.2) is 5.69 Å². The largest absolute Gasteiger partial charge is 0.361 e. The highest BCUT2D eigenvalue weighted by Crippen LogP contribution is 2.31. The smallest absolute Gasteiger partial charge is 0.274 e. The topological polar surface area (TPSA) is 61.9 Å². The Hall–Kier alpha value is -3.47. The van der Waals surface area contributed by atoms with E-state index in [0.717, 1.165) is 24.0 Å². The molecule has 1 aliphatic carbocycles. The van der Waals surface area contributed by atoms with Gasteiger partial charge < -0.3 is 9.88 Å². The second-order valence-corrected chi connectivity index (χ2v) is 8.86. The van der Waals surface area contributed by atoms with Crippen molar-refractivity contribution in [2.45, 2.75) is 33.1 Å². The molecule has 5 heteroatoms. The Balaban J connectivity index is 1.43. The number of hydrogen-bond acceptors (Lipinski definition) is 3. The fourth-order valence-electron chi connectivity index (χ4n) is 4.23. The maximum Gasteiger partial charge on any atom is 0.274 e. The zero-order valence-corrected chi connectivity index (χ0v) is 18.6. The van der Waals surface area contributed by atoms with Crippen LogP contribution in [0.2, 0.25) is 0 Å². The number of fused-ring (bicyclic) bond motifs is 1. The van der Waals surface area contributed by atoms with Crippen LogP contribution in [0.25, 0.3) is 22.2 Å². The summed E-state index contributed by atoms with van der Waals surface area (Å²) in [5, 5.41) is 1.22. The summed E-state index contributed by atoms with van der Waals surface area (Å²) in [6, 6.07) is 14.5. The number of aryl methyl sites for hydroxylation is 2. The molecule has 4 aromatic rings. The van der Waals surface area contributed by atoms with Crippen molar-refractivity contribution in [1.29, 1.82) is 0 Å². The molecule has 1 fully saturated rings. The summed E-state index contributed by atoms with van der Waals surface area (Å²) in [4.78, 5) is 28.1. The van der Waals surface area contributed by atoms with E-state index < -0.39 is 0 Å².